The van der Waals surface area contributed by atoms with Gasteiger partial charge in [-0.25, -0.2) is 55.9 Å². The summed E-state index contributed by atoms with van der Waals surface area (Å²) in [6, 6.07) is 16.3. The van der Waals surface area contributed by atoms with Crippen molar-refractivity contribution in [3.63, 3.8) is 0 Å². The Morgan fingerprint density at radius 2 is 1.13 bits per heavy atom. The number of allylic oxidation sites excluding steroid dienone is 3. The Kier molecular flexibility index (Phi) is 32.5. The van der Waals surface area contributed by atoms with Crippen molar-refractivity contribution in [1.82, 2.24) is 60.6 Å². The van der Waals surface area contributed by atoms with Crippen LogP contribution in [0.3, 0.4) is 0 Å². The summed E-state index contributed by atoms with van der Waals surface area (Å²) >= 11 is 2.89. The zero-order chi connectivity index (χ0) is 94.5. The molecule has 0 bridgehead atoms. The smallest absolute Gasteiger partial charge is 0.408 e. The van der Waals surface area contributed by atoms with Gasteiger partial charge in [0.15, 0.2) is 20.1 Å². The number of benzene rings is 3. The molecule has 9 N–H and O–H groups in total. The molecule has 131 heavy (non-hydrogen) atoms. The minimum absolute atomic E-state index is 0.00767. The minimum atomic E-state index is -3.93. The number of pyridine rings is 2. The highest BCUT2D eigenvalue weighted by atomic mass is 32.2. The Morgan fingerprint density at radius 3 is 1.63 bits per heavy atom. The van der Waals surface area contributed by atoms with Crippen LogP contribution in [-0.4, -0.2) is 232 Å². The SMILES string of the molecule is COc1ccc2c(O[C@@H]3C[C@H]4C(=O)N[C@H](C(=O)O)CC/C=C\CCCCC[C@H](NC(=O)NC5(CS(=O)(=O)C(C)(C)C)CCCCC5)C(=O)N4C3)cc(-c3csc(NC(C)C)n3)nc2c1.COc1ccc2c(O[C@@H]3C[C@H]4C(=O)N[C@]5(C(=O)O)CC5/C=C\CCCCC[C@H](NC(=O)O[C@H](CN(C)S(=O)(=O)c5ccccc5)C(C)(C)C)C(=O)N4C3)cc(-c3csc(NC(C)C)n3)nc2c1. The molecule has 7 amide bonds. The van der Waals surface area contributed by atoms with E-state index in [1.165, 1.54) is 51.7 Å². The number of nitrogens with one attached hydrogen (secondary N) is 7. The molecule has 4 fully saturated rings. The van der Waals surface area contributed by atoms with Crippen molar-refractivity contribution in [3.05, 3.63) is 114 Å². The van der Waals surface area contributed by atoms with Crippen molar-refractivity contribution in [2.45, 2.75) is 279 Å². The lowest BCUT2D eigenvalue weighted by atomic mass is 9.83. The van der Waals surface area contributed by atoms with Gasteiger partial charge in [-0.1, -0.05) is 108 Å². The normalized spacial score (nSPS) is 23.4. The monoisotopic (exact) mass is 1880 g/mol. The number of amides is 7. The van der Waals surface area contributed by atoms with Gasteiger partial charge in [-0.3, -0.25) is 19.2 Å². The molecule has 7 aromatic rings. The van der Waals surface area contributed by atoms with E-state index in [0.717, 1.165) is 59.5 Å². The molecule has 3 aromatic carbocycles. The first kappa shape index (κ1) is 99.3. The highest BCUT2D eigenvalue weighted by Crippen LogP contribution is 2.47. The quantitative estimate of drug-likeness (QED) is 0.0254. The van der Waals surface area contributed by atoms with Crippen LogP contribution in [0, 0.1) is 11.3 Å². The Morgan fingerprint density at radius 1 is 0.618 bits per heavy atom. The number of carbonyl (C=O) groups excluding carboxylic acids is 6. The Labute approximate surface area is 774 Å². The van der Waals surface area contributed by atoms with Crippen molar-refractivity contribution < 1.29 is 89.1 Å². The first-order valence-electron chi connectivity index (χ1n) is 45.2. The number of hydrogen-bond donors (Lipinski definition) is 9. The maximum Gasteiger partial charge on any atom is 0.408 e. The lowest BCUT2D eigenvalue weighted by Gasteiger charge is -2.40. The molecule has 4 aromatic heterocycles. The van der Waals surface area contributed by atoms with E-state index < -0.39 is 143 Å². The number of fused-ring (bicyclic) bond motifs is 5. The predicted molar refractivity (Wildman–Crippen MR) is 503 cm³/mol. The first-order valence-corrected chi connectivity index (χ1v) is 50.1. The second-order valence-electron chi connectivity index (χ2n) is 37.6. The van der Waals surface area contributed by atoms with Gasteiger partial charge in [-0.05, 0) is 155 Å². The largest absolute Gasteiger partial charge is 0.497 e. The average molecular weight is 1880 g/mol. The lowest BCUT2D eigenvalue weighted by Crippen LogP contribution is -2.61. The third kappa shape index (κ3) is 25.2. The third-order valence-electron chi connectivity index (χ3n) is 24.7. The summed E-state index contributed by atoms with van der Waals surface area (Å²) in [7, 11) is -3.01. The number of likely N-dealkylation sites (N-methyl/N-ethyl adjacent to an activating group) is 1. The molecule has 0 radical (unpaired) electrons. The third-order valence-corrected chi connectivity index (χ3v) is 30.9. The van der Waals surface area contributed by atoms with Gasteiger partial charge in [-0.15, -0.1) is 22.7 Å². The minimum Gasteiger partial charge on any atom is -0.497 e. The molecule has 2 saturated heterocycles. The van der Waals surface area contributed by atoms with Gasteiger partial charge in [0.2, 0.25) is 33.7 Å². The number of rotatable bonds is 24. The molecular formula is C94H126N14O19S4. The fourth-order valence-corrected chi connectivity index (χ4v) is 21.5. The van der Waals surface area contributed by atoms with Crippen molar-refractivity contribution >= 4 is 122 Å². The van der Waals surface area contributed by atoms with E-state index in [-0.39, 0.29) is 80.9 Å². The van der Waals surface area contributed by atoms with Crippen molar-refractivity contribution in [2.75, 3.05) is 57.3 Å². The highest BCUT2D eigenvalue weighted by Gasteiger charge is 2.62. The van der Waals surface area contributed by atoms with Crippen molar-refractivity contribution in [3.8, 4) is 45.8 Å². The van der Waals surface area contributed by atoms with Crippen LogP contribution < -0.4 is 56.2 Å². The lowest BCUT2D eigenvalue weighted by molar-refractivity contribution is -0.145. The molecule has 13 rings (SSSR count). The predicted octanol–water partition coefficient (Wildman–Crippen LogP) is 13.8. The fourth-order valence-electron chi connectivity index (χ4n) is 17.1. The molecule has 6 aliphatic rings. The number of anilines is 2. The van der Waals surface area contributed by atoms with Crippen LogP contribution in [0.4, 0.5) is 19.9 Å². The molecule has 33 nitrogen and oxygen atoms in total. The summed E-state index contributed by atoms with van der Waals surface area (Å²) in [5, 5.41) is 48.0. The zero-order valence-corrected chi connectivity index (χ0v) is 80.2. The van der Waals surface area contributed by atoms with E-state index in [1.54, 1.807) is 89.6 Å². The molecule has 37 heteroatoms. The van der Waals surface area contributed by atoms with E-state index in [0.29, 0.717) is 113 Å². The standard InChI is InChI=1S/C48H61N7O10S2.C46H65N7O9S2/c1-29(2)49-45-51-38(28-66-45)37-24-40(34-21-20-31(63-7)22-36(34)50-37)64-32-23-39-42(56)53-48(44(58)59)25-30(48)16-12-9-8-10-15-19-35(43(57)55(39)26-32)52-46(60)65-41(47(3,4)5)27-54(6)67(61,62)33-17-13-11-14-18-33;1-29(2)47-44-51-37(27-63-44)36-25-39(32-20-19-30(61-6)23-35(32)48-36)62-31-24-38-40(54)49-34(42(56)57)18-14-11-9-7-8-10-13-17-33(41(55)53(38)26-31)50-43(58)52-46(21-15-12-16-22-46)28-64(59,60)45(3,4)5/h11-14,16-18,20-22,24,28-30,32,35,39,41H,8-10,15,19,23,25-27H2,1-7H3,(H,49,51)(H,52,60)(H,53,56)(H,58,59);9,11,19-20,23,25,27,29,31,33-34,38H,7-8,10,12-18,21-22,24,26,28H2,1-6H3,(H,47,51)(H,49,54)(H,56,57)(H2,50,52,58)/b16-12-;11-9-/t30?,32-,35+,39+,41-,48-;31-,33+,34+,38+/m11/s1. The van der Waals surface area contributed by atoms with Crippen LogP contribution in [0.1, 0.15) is 198 Å². The maximum atomic E-state index is 15.0. The van der Waals surface area contributed by atoms with Crippen LogP contribution in [0.15, 0.2) is 119 Å². The van der Waals surface area contributed by atoms with Gasteiger partial charge in [0.05, 0.1) is 77.2 Å². The van der Waals surface area contributed by atoms with Crippen LogP contribution in [0.2, 0.25) is 0 Å². The molecule has 2 aliphatic carbocycles. The molecule has 8 heterocycles. The number of nitrogens with zero attached hydrogens (tertiary/aromatic N) is 7. The molecule has 1 unspecified atom stereocenters. The van der Waals surface area contributed by atoms with Gasteiger partial charge >= 0.3 is 24.1 Å². The summed E-state index contributed by atoms with van der Waals surface area (Å²) in [4.78, 5) is 134. The number of aromatic nitrogens is 4. The van der Waals surface area contributed by atoms with Crippen LogP contribution >= 0.6 is 22.7 Å². The number of ether oxygens (including phenoxy) is 5. The van der Waals surface area contributed by atoms with Crippen LogP contribution in [0.25, 0.3) is 44.6 Å². The molecule has 4 aliphatic heterocycles. The Hall–Kier alpha value is -10.8. The zero-order valence-electron chi connectivity index (χ0n) is 76.9. The molecule has 2 saturated carbocycles. The second-order valence-corrected chi connectivity index (χ2v) is 44.1. The van der Waals surface area contributed by atoms with Gasteiger partial charge in [0.25, 0.3) is 0 Å². The number of carbonyl (C=O) groups is 8. The number of thiazole rings is 2. The van der Waals surface area contributed by atoms with E-state index in [2.05, 4.69) is 37.2 Å². The summed E-state index contributed by atoms with van der Waals surface area (Å²) < 4.78 is 84.7. The van der Waals surface area contributed by atoms with Gasteiger partial charge in [0.1, 0.15) is 88.4 Å². The highest BCUT2D eigenvalue weighted by molar-refractivity contribution is 7.92. The summed E-state index contributed by atoms with van der Waals surface area (Å²) in [5.74, 6) is -3.34. The molecule has 10 atom stereocenters. The average Bonchev–Trinajstić information content (AvgIpc) is 1.58. The number of hydrogen-bond acceptors (Lipinski definition) is 25. The van der Waals surface area contributed by atoms with Gasteiger partial charge in [-0.2, -0.15) is 4.31 Å². The fraction of sp³-hybridized carbons (Fsp3) is 0.553. The second kappa shape index (κ2) is 42.9. The summed E-state index contributed by atoms with van der Waals surface area (Å²) in [5.41, 5.74) is 0.189. The van der Waals surface area contributed by atoms with Crippen LogP contribution in [-0.2, 0) is 53.4 Å². The Bertz CT molecular complexity index is 5560. The first-order chi connectivity index (χ1) is 62.1. The number of urea groups is 1. The van der Waals surface area contributed by atoms with Crippen molar-refractivity contribution in [2.24, 2.45) is 11.3 Å². The molecular weight excluding hydrogens is 1760 g/mol. The number of aliphatic carboxylic acids is 2. The van der Waals surface area contributed by atoms with E-state index in [4.69, 9.17) is 43.6 Å². The number of carboxylic acid groups (broad SMARTS) is 2. The van der Waals surface area contributed by atoms with Crippen molar-refractivity contribution in [1.29, 1.82) is 0 Å². The van der Waals surface area contributed by atoms with Gasteiger partial charge < -0.3 is 80.9 Å². The molecule has 710 valence electrons. The van der Waals surface area contributed by atoms with E-state index in [1.807, 2.05) is 95.7 Å². The van der Waals surface area contributed by atoms with Gasteiger partial charge in [0, 0.05) is 89.1 Å². The number of sulfonamides is 1. The Balaban J connectivity index is 0.000000237. The maximum absolute atomic E-state index is 15.0. The number of alkyl carbamates (subject to hydrolysis) is 1. The number of carboxylic acids is 2. The van der Waals surface area contributed by atoms with Crippen LogP contribution in [0.5, 0.6) is 23.0 Å². The summed E-state index contributed by atoms with van der Waals surface area (Å²) in [6.45, 7) is 18.2. The topological polar surface area (TPSA) is 437 Å². The van der Waals surface area contributed by atoms with E-state index >= 15 is 0 Å². The summed E-state index contributed by atoms with van der Waals surface area (Å²) in [6.07, 6.45) is 14.7. The van der Waals surface area contributed by atoms with E-state index in [9.17, 15) is 65.4 Å². The molecule has 0 spiro atoms. The number of methoxy groups -OCH3 is 2. The number of sulfone groups is 1.